The van der Waals surface area contributed by atoms with Crippen molar-refractivity contribution >= 4 is 16.9 Å². The van der Waals surface area contributed by atoms with Gasteiger partial charge in [-0.2, -0.15) is 5.26 Å². The van der Waals surface area contributed by atoms with Crippen molar-refractivity contribution in [2.24, 2.45) is 0 Å². The zero-order valence-corrected chi connectivity index (χ0v) is 10.8. The van der Waals surface area contributed by atoms with Crippen LogP contribution in [0.3, 0.4) is 0 Å². The van der Waals surface area contributed by atoms with Gasteiger partial charge < -0.3 is 25.8 Å². The second-order valence-electron chi connectivity index (χ2n) is 4.74. The minimum atomic E-state index is -1.30. The van der Waals surface area contributed by atoms with Crippen molar-refractivity contribution in [1.82, 2.24) is 14.5 Å². The predicted molar refractivity (Wildman–Crippen MR) is 69.7 cm³/mol. The molecule has 0 unspecified atom stereocenters. The number of hydrogen-bond acceptors (Lipinski definition) is 8. The molecular formula is C12H13N5O4. The summed E-state index contributed by atoms with van der Waals surface area (Å²) >= 11 is 0. The molecule has 0 aliphatic carbocycles. The molecule has 9 heteroatoms. The largest absolute Gasteiger partial charge is 0.394 e. The van der Waals surface area contributed by atoms with Crippen LogP contribution in [0, 0.1) is 11.3 Å². The third-order valence-electron chi connectivity index (χ3n) is 3.55. The van der Waals surface area contributed by atoms with Gasteiger partial charge in [0.05, 0.1) is 12.0 Å². The highest BCUT2D eigenvalue weighted by Gasteiger charge is 2.44. The maximum atomic E-state index is 10.1. The molecule has 0 spiro atoms. The molecule has 0 aromatic carbocycles. The summed E-state index contributed by atoms with van der Waals surface area (Å²) in [6.07, 6.45) is -3.31. The minimum Gasteiger partial charge on any atom is -0.394 e. The van der Waals surface area contributed by atoms with Crippen LogP contribution in [-0.4, -0.2) is 54.8 Å². The van der Waals surface area contributed by atoms with E-state index in [2.05, 4.69) is 9.97 Å². The van der Waals surface area contributed by atoms with Crippen LogP contribution in [0.2, 0.25) is 0 Å². The molecule has 0 amide bonds. The van der Waals surface area contributed by atoms with E-state index < -0.39 is 31.1 Å². The molecule has 21 heavy (non-hydrogen) atoms. The number of rotatable bonds is 2. The number of hydrogen-bond donors (Lipinski definition) is 4. The number of aliphatic hydroxyl groups excluding tert-OH is 3. The fourth-order valence-electron chi connectivity index (χ4n) is 2.49. The number of nitrogen functional groups attached to an aromatic ring is 1. The molecule has 1 fully saturated rings. The second-order valence-corrected chi connectivity index (χ2v) is 4.74. The molecule has 0 bridgehead atoms. The van der Waals surface area contributed by atoms with Crippen molar-refractivity contribution < 1.29 is 20.1 Å². The normalized spacial score (nSPS) is 28.9. The van der Waals surface area contributed by atoms with E-state index in [1.165, 1.54) is 17.0 Å². The smallest absolute Gasteiger partial charge is 0.165 e. The third-order valence-corrected chi connectivity index (χ3v) is 3.55. The molecule has 2 aromatic heterocycles. The first kappa shape index (κ1) is 13.7. The molecule has 1 saturated heterocycles. The quantitative estimate of drug-likeness (QED) is 0.521. The number of nitrogens with zero attached hydrogens (tertiary/aromatic N) is 4. The lowest BCUT2D eigenvalue weighted by Crippen LogP contribution is -2.33. The summed E-state index contributed by atoms with van der Waals surface area (Å²) in [4.78, 5) is 7.89. The number of aliphatic hydroxyl groups is 3. The SMILES string of the molecule is N#Cc1cc2c(N)ncnc2n1[C@@H]1O[C@H](CO)[C@@H](O)[C@H]1O. The van der Waals surface area contributed by atoms with Crippen LogP contribution in [0.15, 0.2) is 12.4 Å². The van der Waals surface area contributed by atoms with Crippen molar-refractivity contribution in [2.75, 3.05) is 12.3 Å². The van der Waals surface area contributed by atoms with E-state index in [9.17, 15) is 15.5 Å². The lowest BCUT2D eigenvalue weighted by molar-refractivity contribution is -0.0512. The molecule has 3 rings (SSSR count). The number of nitrogens with two attached hydrogens (primary N) is 1. The van der Waals surface area contributed by atoms with Crippen LogP contribution in [0.1, 0.15) is 11.9 Å². The molecule has 1 aliphatic rings. The van der Waals surface area contributed by atoms with Gasteiger partial charge in [-0.05, 0) is 6.07 Å². The van der Waals surface area contributed by atoms with Crippen molar-refractivity contribution in [3.05, 3.63) is 18.1 Å². The maximum Gasteiger partial charge on any atom is 0.165 e. The maximum absolute atomic E-state index is 10.1. The Hall–Kier alpha value is -2.25. The van der Waals surface area contributed by atoms with Crippen molar-refractivity contribution in [1.29, 1.82) is 5.26 Å². The van der Waals surface area contributed by atoms with Crippen LogP contribution in [0.25, 0.3) is 11.0 Å². The van der Waals surface area contributed by atoms with Crippen LogP contribution < -0.4 is 5.73 Å². The van der Waals surface area contributed by atoms with Gasteiger partial charge in [-0.3, -0.25) is 4.57 Å². The van der Waals surface area contributed by atoms with Gasteiger partial charge in [0.15, 0.2) is 6.23 Å². The predicted octanol–water partition coefficient (Wildman–Crippen LogP) is -1.50. The Balaban J connectivity index is 2.17. The topological polar surface area (TPSA) is 150 Å². The van der Waals surface area contributed by atoms with Gasteiger partial charge >= 0.3 is 0 Å². The van der Waals surface area contributed by atoms with Crippen molar-refractivity contribution in [3.8, 4) is 6.07 Å². The van der Waals surface area contributed by atoms with E-state index in [-0.39, 0.29) is 11.5 Å². The number of aromatic nitrogens is 3. The summed E-state index contributed by atoms with van der Waals surface area (Å²) in [5.41, 5.74) is 6.21. The lowest BCUT2D eigenvalue weighted by Gasteiger charge is -2.18. The van der Waals surface area contributed by atoms with Gasteiger partial charge in [-0.25, -0.2) is 9.97 Å². The Morgan fingerprint density at radius 3 is 2.76 bits per heavy atom. The van der Waals surface area contributed by atoms with Gasteiger partial charge in [0.25, 0.3) is 0 Å². The average molecular weight is 291 g/mol. The van der Waals surface area contributed by atoms with E-state index in [4.69, 9.17) is 15.6 Å². The molecule has 4 atom stereocenters. The number of ether oxygens (including phenoxy) is 1. The Kier molecular flexibility index (Phi) is 3.23. The highest BCUT2D eigenvalue weighted by atomic mass is 16.6. The standard InChI is InChI=1S/C12H13N5O4/c13-2-5-1-6-10(14)15-4-16-11(6)17(5)12-9(20)8(19)7(3-18)21-12/h1,4,7-9,12,18-20H,3H2,(H2,14,15,16)/t7-,8-,9-,12-/m1/s1. The minimum absolute atomic E-state index is 0.159. The van der Waals surface area contributed by atoms with E-state index in [0.717, 1.165) is 0 Å². The third kappa shape index (κ3) is 1.93. The van der Waals surface area contributed by atoms with Crippen LogP contribution in [-0.2, 0) is 4.74 Å². The Morgan fingerprint density at radius 1 is 1.38 bits per heavy atom. The van der Waals surface area contributed by atoms with E-state index in [1.807, 2.05) is 6.07 Å². The van der Waals surface area contributed by atoms with E-state index in [1.54, 1.807) is 0 Å². The molecular weight excluding hydrogens is 278 g/mol. The molecule has 5 N–H and O–H groups in total. The van der Waals surface area contributed by atoms with Crippen LogP contribution in [0.5, 0.6) is 0 Å². The molecule has 0 radical (unpaired) electrons. The highest BCUT2D eigenvalue weighted by molar-refractivity contribution is 5.87. The summed E-state index contributed by atoms with van der Waals surface area (Å²) in [6, 6.07) is 3.45. The summed E-state index contributed by atoms with van der Waals surface area (Å²) in [7, 11) is 0. The molecule has 110 valence electrons. The lowest BCUT2D eigenvalue weighted by atomic mass is 10.1. The fraction of sp³-hybridized carbons (Fsp3) is 0.417. The Bertz CT molecular complexity index is 724. The first-order valence-corrected chi connectivity index (χ1v) is 6.22. The summed E-state index contributed by atoms with van der Waals surface area (Å²) < 4.78 is 6.77. The number of anilines is 1. The van der Waals surface area contributed by atoms with Gasteiger partial charge in [0, 0.05) is 0 Å². The fourth-order valence-corrected chi connectivity index (χ4v) is 2.49. The first-order chi connectivity index (χ1) is 10.1. The Morgan fingerprint density at radius 2 is 2.14 bits per heavy atom. The summed E-state index contributed by atoms with van der Waals surface area (Å²) in [5, 5.41) is 38.7. The van der Waals surface area contributed by atoms with Gasteiger partial charge in [-0.1, -0.05) is 0 Å². The number of nitriles is 1. The molecule has 9 nitrogen and oxygen atoms in total. The Labute approximate surface area is 118 Å². The molecule has 1 aliphatic heterocycles. The summed E-state index contributed by atoms with van der Waals surface area (Å²) in [6.45, 7) is -0.451. The highest BCUT2D eigenvalue weighted by Crippen LogP contribution is 2.34. The zero-order chi connectivity index (χ0) is 15.1. The van der Waals surface area contributed by atoms with Crippen LogP contribution in [0.4, 0.5) is 5.82 Å². The van der Waals surface area contributed by atoms with Crippen molar-refractivity contribution in [3.63, 3.8) is 0 Å². The number of fused-ring (bicyclic) bond motifs is 1. The summed E-state index contributed by atoms with van der Waals surface area (Å²) in [5.74, 6) is 0.196. The zero-order valence-electron chi connectivity index (χ0n) is 10.8. The van der Waals surface area contributed by atoms with Gasteiger partial charge in [0.2, 0.25) is 0 Å². The average Bonchev–Trinajstić information content (AvgIpc) is 2.99. The molecule has 3 heterocycles. The van der Waals surface area contributed by atoms with E-state index in [0.29, 0.717) is 11.0 Å². The second kappa shape index (κ2) is 4.94. The van der Waals surface area contributed by atoms with Crippen LogP contribution >= 0.6 is 0 Å². The van der Waals surface area contributed by atoms with Gasteiger partial charge in [-0.15, -0.1) is 0 Å². The van der Waals surface area contributed by atoms with Crippen molar-refractivity contribution in [2.45, 2.75) is 24.5 Å². The molecule has 0 saturated carbocycles. The van der Waals surface area contributed by atoms with Gasteiger partial charge in [0.1, 0.15) is 47.9 Å². The first-order valence-electron chi connectivity index (χ1n) is 6.22. The van der Waals surface area contributed by atoms with E-state index >= 15 is 0 Å². The monoisotopic (exact) mass is 291 g/mol. The molecule has 2 aromatic rings.